The SMILES string of the molecule is Cc1c(C)c(C)c([C@H](N)CCF)c(C)c1C.Cl. The lowest BCUT2D eigenvalue weighted by atomic mass is 9.86. The first-order valence-corrected chi connectivity index (χ1v) is 5.80. The van der Waals surface area contributed by atoms with Gasteiger partial charge in [-0.3, -0.25) is 4.39 Å². The molecule has 1 aromatic carbocycles. The van der Waals surface area contributed by atoms with Crippen molar-refractivity contribution < 1.29 is 4.39 Å². The number of rotatable bonds is 3. The lowest BCUT2D eigenvalue weighted by Crippen LogP contribution is -2.16. The van der Waals surface area contributed by atoms with Crippen molar-refractivity contribution in [3.05, 3.63) is 33.4 Å². The Kier molecular flexibility index (Phi) is 6.14. The maximum atomic E-state index is 12.4. The Morgan fingerprint density at radius 2 is 1.24 bits per heavy atom. The van der Waals surface area contributed by atoms with Crippen LogP contribution in [-0.2, 0) is 0 Å². The highest BCUT2D eigenvalue weighted by atomic mass is 35.5. The molecule has 0 aliphatic heterocycles. The highest BCUT2D eigenvalue weighted by Gasteiger charge is 2.17. The van der Waals surface area contributed by atoms with Gasteiger partial charge in [0.25, 0.3) is 0 Å². The number of nitrogens with two attached hydrogens (primary N) is 1. The molecular formula is C14H23ClFN. The molecule has 1 atom stereocenters. The highest BCUT2D eigenvalue weighted by Crippen LogP contribution is 2.30. The predicted octanol–water partition coefficient (Wildman–Crippen LogP) is 4.01. The summed E-state index contributed by atoms with van der Waals surface area (Å²) in [6.07, 6.45) is 0.406. The second-order valence-electron chi connectivity index (χ2n) is 4.62. The zero-order valence-corrected chi connectivity index (χ0v) is 12.2. The fraction of sp³-hybridized carbons (Fsp3) is 0.571. The Morgan fingerprint density at radius 3 is 1.59 bits per heavy atom. The lowest BCUT2D eigenvalue weighted by Gasteiger charge is -2.22. The standard InChI is InChI=1S/C14H22FN.ClH/c1-8-9(2)11(4)14(12(5)10(8)3)13(16)6-7-15;/h13H,6-7,16H2,1-5H3;1H/t13-;/m1./s1. The van der Waals surface area contributed by atoms with Gasteiger partial charge >= 0.3 is 0 Å². The van der Waals surface area contributed by atoms with Gasteiger partial charge in [0.15, 0.2) is 0 Å². The van der Waals surface area contributed by atoms with Crippen molar-refractivity contribution in [1.29, 1.82) is 0 Å². The second-order valence-corrected chi connectivity index (χ2v) is 4.62. The number of halogens is 2. The van der Waals surface area contributed by atoms with Crippen molar-refractivity contribution in [3.8, 4) is 0 Å². The fourth-order valence-electron chi connectivity index (χ4n) is 2.35. The third-order valence-corrected chi connectivity index (χ3v) is 3.85. The van der Waals surface area contributed by atoms with Crippen molar-refractivity contribution in [1.82, 2.24) is 0 Å². The van der Waals surface area contributed by atoms with Crippen LogP contribution in [0.15, 0.2) is 0 Å². The molecule has 98 valence electrons. The summed E-state index contributed by atoms with van der Waals surface area (Å²) in [4.78, 5) is 0. The van der Waals surface area contributed by atoms with Crippen LogP contribution in [0.4, 0.5) is 4.39 Å². The summed E-state index contributed by atoms with van der Waals surface area (Å²) in [5.74, 6) is 0. The normalized spacial score (nSPS) is 12.2. The molecule has 0 aliphatic rings. The summed E-state index contributed by atoms with van der Waals surface area (Å²) in [6.45, 7) is 10.2. The maximum absolute atomic E-state index is 12.4. The monoisotopic (exact) mass is 259 g/mol. The third kappa shape index (κ3) is 2.99. The van der Waals surface area contributed by atoms with Crippen LogP contribution >= 0.6 is 12.4 Å². The van der Waals surface area contributed by atoms with E-state index in [0.717, 1.165) is 5.56 Å². The van der Waals surface area contributed by atoms with E-state index >= 15 is 0 Å². The first-order chi connectivity index (χ1) is 7.41. The average molecular weight is 260 g/mol. The molecular weight excluding hydrogens is 237 g/mol. The minimum Gasteiger partial charge on any atom is -0.324 e. The third-order valence-electron chi connectivity index (χ3n) is 3.85. The molecule has 0 radical (unpaired) electrons. The molecule has 0 fully saturated rings. The maximum Gasteiger partial charge on any atom is 0.0912 e. The van der Waals surface area contributed by atoms with E-state index in [1.165, 1.54) is 27.8 Å². The Balaban J connectivity index is 0.00000256. The summed E-state index contributed by atoms with van der Waals surface area (Å²) in [7, 11) is 0. The minimum absolute atomic E-state index is 0. The molecule has 0 bridgehead atoms. The summed E-state index contributed by atoms with van der Waals surface area (Å²) >= 11 is 0. The topological polar surface area (TPSA) is 26.0 Å². The van der Waals surface area contributed by atoms with Gasteiger partial charge in [0, 0.05) is 6.04 Å². The van der Waals surface area contributed by atoms with Gasteiger partial charge in [0.1, 0.15) is 0 Å². The summed E-state index contributed by atoms with van der Waals surface area (Å²) < 4.78 is 12.4. The van der Waals surface area contributed by atoms with Crippen molar-refractivity contribution in [2.24, 2.45) is 5.73 Å². The second kappa shape index (κ2) is 6.36. The van der Waals surface area contributed by atoms with Crippen LogP contribution in [0.1, 0.15) is 45.8 Å². The first-order valence-electron chi connectivity index (χ1n) is 5.80. The summed E-state index contributed by atoms with van der Waals surface area (Å²) in [5.41, 5.74) is 13.5. The lowest BCUT2D eigenvalue weighted by molar-refractivity contribution is 0.440. The Bertz CT molecular complexity index is 373. The van der Waals surface area contributed by atoms with Crippen LogP contribution in [0.2, 0.25) is 0 Å². The van der Waals surface area contributed by atoms with Crippen LogP contribution in [0.5, 0.6) is 0 Å². The van der Waals surface area contributed by atoms with Gasteiger partial charge in [-0.05, 0) is 74.4 Å². The summed E-state index contributed by atoms with van der Waals surface area (Å²) in [5, 5.41) is 0. The zero-order valence-electron chi connectivity index (χ0n) is 11.4. The number of hydrogen-bond acceptors (Lipinski definition) is 1. The van der Waals surface area contributed by atoms with Crippen LogP contribution < -0.4 is 5.73 Å². The molecule has 0 saturated heterocycles. The molecule has 0 amide bonds. The van der Waals surface area contributed by atoms with Gasteiger partial charge in [0.2, 0.25) is 0 Å². The van der Waals surface area contributed by atoms with E-state index in [-0.39, 0.29) is 25.1 Å². The smallest absolute Gasteiger partial charge is 0.0912 e. The minimum atomic E-state index is -0.355. The van der Waals surface area contributed by atoms with Crippen LogP contribution in [0.25, 0.3) is 0 Å². The fourth-order valence-corrected chi connectivity index (χ4v) is 2.35. The molecule has 2 N–H and O–H groups in total. The molecule has 1 aromatic rings. The molecule has 0 aromatic heterocycles. The van der Waals surface area contributed by atoms with E-state index in [0.29, 0.717) is 6.42 Å². The van der Waals surface area contributed by atoms with Gasteiger partial charge in [-0.15, -0.1) is 12.4 Å². The Hall–Kier alpha value is -0.600. The molecule has 0 spiro atoms. The first kappa shape index (κ1) is 16.4. The van der Waals surface area contributed by atoms with Gasteiger partial charge in [-0.2, -0.15) is 0 Å². The van der Waals surface area contributed by atoms with E-state index in [1.807, 2.05) is 0 Å². The van der Waals surface area contributed by atoms with E-state index in [2.05, 4.69) is 34.6 Å². The molecule has 17 heavy (non-hydrogen) atoms. The number of hydrogen-bond donors (Lipinski definition) is 1. The van der Waals surface area contributed by atoms with E-state index in [1.54, 1.807) is 0 Å². The van der Waals surface area contributed by atoms with Crippen molar-refractivity contribution >= 4 is 12.4 Å². The summed E-state index contributed by atoms with van der Waals surface area (Å²) in [6, 6.07) is -0.178. The van der Waals surface area contributed by atoms with Crippen molar-refractivity contribution in [3.63, 3.8) is 0 Å². The number of benzene rings is 1. The largest absolute Gasteiger partial charge is 0.324 e. The van der Waals surface area contributed by atoms with Crippen LogP contribution in [-0.4, -0.2) is 6.67 Å². The van der Waals surface area contributed by atoms with E-state index < -0.39 is 0 Å². The van der Waals surface area contributed by atoms with Crippen molar-refractivity contribution in [2.75, 3.05) is 6.67 Å². The average Bonchev–Trinajstić information content (AvgIpc) is 2.24. The quantitative estimate of drug-likeness (QED) is 0.872. The Labute approximate surface area is 110 Å². The number of alkyl halides is 1. The molecule has 1 rings (SSSR count). The molecule has 0 saturated carbocycles. The van der Waals surface area contributed by atoms with Gasteiger partial charge in [-0.25, -0.2) is 0 Å². The van der Waals surface area contributed by atoms with Crippen LogP contribution in [0, 0.1) is 34.6 Å². The van der Waals surface area contributed by atoms with Crippen LogP contribution in [0.3, 0.4) is 0 Å². The van der Waals surface area contributed by atoms with E-state index in [4.69, 9.17) is 5.73 Å². The molecule has 1 nitrogen and oxygen atoms in total. The Morgan fingerprint density at radius 1 is 0.882 bits per heavy atom. The molecule has 3 heteroatoms. The molecule has 0 heterocycles. The zero-order chi connectivity index (χ0) is 12.5. The highest BCUT2D eigenvalue weighted by molar-refractivity contribution is 5.85. The van der Waals surface area contributed by atoms with Crippen molar-refractivity contribution in [2.45, 2.75) is 47.1 Å². The van der Waals surface area contributed by atoms with Gasteiger partial charge in [0.05, 0.1) is 6.67 Å². The van der Waals surface area contributed by atoms with Gasteiger partial charge < -0.3 is 5.73 Å². The molecule has 0 unspecified atom stereocenters. The molecule has 0 aliphatic carbocycles. The van der Waals surface area contributed by atoms with E-state index in [9.17, 15) is 4.39 Å². The predicted molar refractivity (Wildman–Crippen MR) is 74.9 cm³/mol. The van der Waals surface area contributed by atoms with Gasteiger partial charge in [-0.1, -0.05) is 0 Å².